The van der Waals surface area contributed by atoms with Crippen LogP contribution in [0.2, 0.25) is 0 Å². The number of ether oxygens (including phenoxy) is 1. The van der Waals surface area contributed by atoms with Gasteiger partial charge in [0.2, 0.25) is 0 Å². The van der Waals surface area contributed by atoms with E-state index in [1.807, 2.05) is 36.1 Å². The Labute approximate surface area is 293 Å². The molecule has 8 nitrogen and oxygen atoms in total. The third-order valence-electron chi connectivity index (χ3n) is 10.1. The fourth-order valence-corrected chi connectivity index (χ4v) is 7.51. The predicted octanol–water partition coefficient (Wildman–Crippen LogP) is 6.74. The first-order valence-electron chi connectivity index (χ1n) is 18.4. The minimum atomic E-state index is -0.0956. The van der Waals surface area contributed by atoms with Crippen LogP contribution in [-0.4, -0.2) is 101 Å². The maximum absolute atomic E-state index is 14.0. The van der Waals surface area contributed by atoms with Crippen molar-refractivity contribution in [2.45, 2.75) is 84.0 Å². The van der Waals surface area contributed by atoms with Gasteiger partial charge in [0.25, 0.3) is 5.91 Å². The molecule has 8 heteroatoms. The Kier molecular flexibility index (Phi) is 13.7. The number of amides is 1. The number of aromatic hydroxyl groups is 1. The van der Waals surface area contributed by atoms with Crippen LogP contribution in [-0.2, 0) is 16.1 Å². The van der Waals surface area contributed by atoms with Gasteiger partial charge in [-0.15, -0.1) is 0 Å². The molecule has 2 saturated heterocycles. The molecule has 0 bridgehead atoms. The summed E-state index contributed by atoms with van der Waals surface area (Å²) < 4.78 is 5.03. The number of rotatable bonds is 14. The van der Waals surface area contributed by atoms with Crippen molar-refractivity contribution < 1.29 is 19.4 Å². The van der Waals surface area contributed by atoms with Gasteiger partial charge in [-0.3, -0.25) is 19.4 Å². The number of carbonyl (C=O) groups excluding carboxylic acids is 2. The van der Waals surface area contributed by atoms with Crippen LogP contribution in [0.5, 0.6) is 5.75 Å². The van der Waals surface area contributed by atoms with Gasteiger partial charge in [-0.2, -0.15) is 0 Å². The highest BCUT2D eigenvalue weighted by Crippen LogP contribution is 2.35. The van der Waals surface area contributed by atoms with E-state index in [4.69, 9.17) is 4.74 Å². The largest absolute Gasteiger partial charge is 0.508 e. The van der Waals surface area contributed by atoms with Crippen molar-refractivity contribution in [1.29, 1.82) is 0 Å². The monoisotopic (exact) mass is 668 g/mol. The Balaban J connectivity index is 1.23. The number of phenolic OH excluding ortho intramolecular Hbond substituents is 1. The quantitative estimate of drug-likeness (QED) is 0.151. The molecule has 49 heavy (non-hydrogen) atoms. The van der Waals surface area contributed by atoms with Gasteiger partial charge in [-0.25, -0.2) is 0 Å². The molecule has 3 aromatic rings. The fraction of sp³-hybridized carbons (Fsp3) is 0.512. The fourth-order valence-electron chi connectivity index (χ4n) is 7.51. The third-order valence-corrected chi connectivity index (χ3v) is 10.1. The van der Waals surface area contributed by atoms with E-state index in [0.717, 1.165) is 101 Å². The van der Waals surface area contributed by atoms with Crippen LogP contribution in [0.4, 0.5) is 0 Å². The predicted molar refractivity (Wildman–Crippen MR) is 196 cm³/mol. The van der Waals surface area contributed by atoms with Crippen molar-refractivity contribution >= 4 is 11.9 Å². The van der Waals surface area contributed by atoms with Gasteiger partial charge < -0.3 is 19.6 Å². The minimum absolute atomic E-state index is 0.0893. The molecule has 0 aromatic heterocycles. The summed E-state index contributed by atoms with van der Waals surface area (Å²) in [4.78, 5) is 35.1. The Bertz CT molecular complexity index is 1480. The first kappa shape index (κ1) is 36.6. The summed E-state index contributed by atoms with van der Waals surface area (Å²) in [7, 11) is 0. The smallest absolute Gasteiger partial charge is 0.305 e. The molecule has 0 saturated carbocycles. The summed E-state index contributed by atoms with van der Waals surface area (Å²) >= 11 is 0. The van der Waals surface area contributed by atoms with E-state index >= 15 is 0 Å². The molecule has 1 amide bonds. The van der Waals surface area contributed by atoms with Gasteiger partial charge in [0, 0.05) is 63.3 Å². The molecule has 1 N–H and O–H groups in total. The first-order chi connectivity index (χ1) is 23.8. The summed E-state index contributed by atoms with van der Waals surface area (Å²) in [6, 6.07) is 27.0. The van der Waals surface area contributed by atoms with Crippen molar-refractivity contribution in [2.24, 2.45) is 0 Å². The summed E-state index contributed by atoms with van der Waals surface area (Å²) in [6.07, 6.45) is 5.60. The zero-order chi connectivity index (χ0) is 34.6. The maximum Gasteiger partial charge on any atom is 0.305 e. The molecule has 3 atom stereocenters. The van der Waals surface area contributed by atoms with Crippen LogP contribution in [0.3, 0.4) is 0 Å². The van der Waals surface area contributed by atoms with Crippen molar-refractivity contribution in [3.05, 3.63) is 101 Å². The summed E-state index contributed by atoms with van der Waals surface area (Å²) in [5.41, 5.74) is 4.16. The lowest BCUT2D eigenvalue weighted by Gasteiger charge is -2.47. The van der Waals surface area contributed by atoms with Gasteiger partial charge in [0.05, 0.1) is 12.6 Å². The molecule has 2 heterocycles. The van der Waals surface area contributed by atoms with Crippen LogP contribution < -0.4 is 0 Å². The van der Waals surface area contributed by atoms with Gasteiger partial charge in [0.1, 0.15) is 5.75 Å². The Morgan fingerprint density at radius 2 is 1.57 bits per heavy atom. The van der Waals surface area contributed by atoms with Crippen LogP contribution >= 0.6 is 0 Å². The van der Waals surface area contributed by atoms with E-state index < -0.39 is 0 Å². The Morgan fingerprint density at radius 3 is 2.35 bits per heavy atom. The number of hydrogen-bond acceptors (Lipinski definition) is 7. The van der Waals surface area contributed by atoms with Crippen LogP contribution in [0.25, 0.3) is 0 Å². The van der Waals surface area contributed by atoms with Gasteiger partial charge in [-0.05, 0) is 94.1 Å². The second-order valence-electron chi connectivity index (χ2n) is 13.9. The lowest BCUT2D eigenvalue weighted by Crippen LogP contribution is -2.56. The van der Waals surface area contributed by atoms with E-state index in [9.17, 15) is 14.7 Å². The molecular weight excluding hydrogens is 612 g/mol. The van der Waals surface area contributed by atoms with E-state index in [-0.39, 0.29) is 29.7 Å². The topological polar surface area (TPSA) is 76.6 Å². The molecule has 2 fully saturated rings. The Hall–Kier alpha value is -3.72. The molecule has 0 unspecified atom stereocenters. The number of carbonyl (C=O) groups is 2. The van der Waals surface area contributed by atoms with Gasteiger partial charge in [0.15, 0.2) is 0 Å². The number of hydrogen-bond donors (Lipinski definition) is 1. The van der Waals surface area contributed by atoms with Crippen LogP contribution in [0.1, 0.15) is 92.4 Å². The van der Waals surface area contributed by atoms with Crippen molar-refractivity contribution in [2.75, 3.05) is 52.4 Å². The lowest BCUT2D eigenvalue weighted by molar-refractivity contribution is -0.143. The number of unbranched alkanes of at least 4 members (excludes halogenated alkanes) is 3. The summed E-state index contributed by atoms with van der Waals surface area (Å²) in [5.74, 6) is 0.247. The molecule has 2 aliphatic heterocycles. The van der Waals surface area contributed by atoms with Crippen LogP contribution in [0.15, 0.2) is 78.9 Å². The molecular formula is C41H56N4O4. The number of phenols is 1. The molecule has 0 aliphatic carbocycles. The highest BCUT2D eigenvalue weighted by molar-refractivity contribution is 5.94. The molecule has 0 spiro atoms. The average Bonchev–Trinajstić information content (AvgIpc) is 3.35. The minimum Gasteiger partial charge on any atom is -0.508 e. The number of benzene rings is 3. The van der Waals surface area contributed by atoms with E-state index in [1.54, 1.807) is 6.07 Å². The lowest BCUT2D eigenvalue weighted by atomic mass is 9.92. The number of piperazine rings is 1. The maximum atomic E-state index is 14.0. The molecule has 3 aromatic carbocycles. The second kappa shape index (κ2) is 18.3. The van der Waals surface area contributed by atoms with Gasteiger partial charge >= 0.3 is 5.97 Å². The average molecular weight is 669 g/mol. The van der Waals surface area contributed by atoms with E-state index in [1.165, 1.54) is 5.56 Å². The molecule has 0 radical (unpaired) electrons. The molecule has 5 rings (SSSR count). The third kappa shape index (κ3) is 10.4. The van der Waals surface area contributed by atoms with Crippen LogP contribution in [0, 0.1) is 0 Å². The summed E-state index contributed by atoms with van der Waals surface area (Å²) in [5, 5.41) is 10.5. The van der Waals surface area contributed by atoms with E-state index in [0.29, 0.717) is 19.1 Å². The van der Waals surface area contributed by atoms with E-state index in [2.05, 4.69) is 77.1 Å². The van der Waals surface area contributed by atoms with Crippen molar-refractivity contribution in [1.82, 2.24) is 19.6 Å². The van der Waals surface area contributed by atoms with Crippen molar-refractivity contribution in [3.8, 4) is 5.75 Å². The Morgan fingerprint density at radius 1 is 0.816 bits per heavy atom. The zero-order valence-corrected chi connectivity index (χ0v) is 29.8. The highest BCUT2D eigenvalue weighted by Gasteiger charge is 2.35. The second-order valence-corrected chi connectivity index (χ2v) is 13.9. The normalized spacial score (nSPS) is 20.1. The number of nitrogens with zero attached hydrogens (tertiary/aromatic N) is 4. The molecule has 264 valence electrons. The zero-order valence-electron chi connectivity index (χ0n) is 29.8. The van der Waals surface area contributed by atoms with Crippen molar-refractivity contribution in [3.63, 3.8) is 0 Å². The standard InChI is InChI=1S/C41H56N4O4/c1-4-49-39(47)21-10-5-6-11-22-42-23-14-24-43(26-25-42)41(48)37-19-12-17-35(27-37)40(36-18-13-20-38(46)28-36)45-30-32(2)44(29-33(45)3)31-34-15-8-7-9-16-34/h7-9,12-13,15-20,27-28,32-33,40,46H,4-6,10-11,14,21-26,29-31H2,1-3H3/t32-,33+,40-/m1/s1. The summed E-state index contributed by atoms with van der Waals surface area (Å²) in [6.45, 7) is 14.0. The molecule has 2 aliphatic rings. The first-order valence-corrected chi connectivity index (χ1v) is 18.4. The SMILES string of the molecule is CCOC(=O)CCCCCCN1CCCN(C(=O)c2cccc([C@H](c3cccc(O)c3)N3C[C@@H](C)N(Cc4ccccc4)C[C@@H]3C)c2)CC1. The number of esters is 1. The van der Waals surface area contributed by atoms with Gasteiger partial charge in [-0.1, -0.05) is 67.4 Å². The highest BCUT2D eigenvalue weighted by atomic mass is 16.5.